The summed E-state index contributed by atoms with van der Waals surface area (Å²) in [5.41, 5.74) is 0.516. The van der Waals surface area contributed by atoms with E-state index in [1.165, 1.54) is 6.20 Å². The van der Waals surface area contributed by atoms with Crippen molar-refractivity contribution >= 4 is 15.7 Å². The third kappa shape index (κ3) is 4.27. The summed E-state index contributed by atoms with van der Waals surface area (Å²) in [4.78, 5) is 7.90. The summed E-state index contributed by atoms with van der Waals surface area (Å²) in [6.45, 7) is 3.60. The number of rotatable bonds is 8. The minimum Gasteiger partial charge on any atom is -0.383 e. The van der Waals surface area contributed by atoms with Gasteiger partial charge in [-0.25, -0.2) is 23.1 Å². The first kappa shape index (κ1) is 15.5. The van der Waals surface area contributed by atoms with E-state index in [0.29, 0.717) is 31.7 Å². The predicted octanol–water partition coefficient (Wildman–Crippen LogP) is 1.08. The van der Waals surface area contributed by atoms with Gasteiger partial charge in [0.05, 0.1) is 12.0 Å². The average Bonchev–Trinajstić information content (AvgIpc) is 2.98. The lowest BCUT2D eigenvalue weighted by Gasteiger charge is -2.11. The number of sulfonamides is 1. The molecule has 0 radical (unpaired) electrons. The van der Waals surface area contributed by atoms with E-state index in [0.717, 1.165) is 0 Å². The number of anilines is 1. The maximum absolute atomic E-state index is 12.3. The fourth-order valence-electron chi connectivity index (χ4n) is 1.89. The maximum Gasteiger partial charge on any atom is 0.260 e. The summed E-state index contributed by atoms with van der Waals surface area (Å²) in [6, 6.07) is 3.41. The Kier molecular flexibility index (Phi) is 5.29. The van der Waals surface area contributed by atoms with Crippen LogP contribution >= 0.6 is 0 Å². The Morgan fingerprint density at radius 2 is 2.19 bits per heavy atom. The molecule has 0 unspecified atom stereocenters. The van der Waals surface area contributed by atoms with E-state index in [9.17, 15) is 8.42 Å². The van der Waals surface area contributed by atoms with E-state index in [2.05, 4.69) is 20.0 Å². The predicted molar refractivity (Wildman–Crippen MR) is 80.4 cm³/mol. The zero-order valence-electron chi connectivity index (χ0n) is 11.9. The largest absolute Gasteiger partial charge is 0.383 e. The molecule has 2 aromatic heterocycles. The third-order valence-corrected chi connectivity index (χ3v) is 4.26. The SMILES string of the molecule is CCNc1cccnc1S(=O)(=O)NCCCn1ccnc1. The van der Waals surface area contributed by atoms with Crippen LogP contribution in [0, 0.1) is 0 Å². The maximum atomic E-state index is 12.3. The van der Waals surface area contributed by atoms with Gasteiger partial charge in [-0.15, -0.1) is 0 Å². The highest BCUT2D eigenvalue weighted by Crippen LogP contribution is 2.17. The quantitative estimate of drug-likeness (QED) is 0.712. The van der Waals surface area contributed by atoms with Gasteiger partial charge < -0.3 is 9.88 Å². The first-order valence-corrected chi connectivity index (χ1v) is 8.26. The Morgan fingerprint density at radius 1 is 1.33 bits per heavy atom. The number of pyridine rings is 1. The van der Waals surface area contributed by atoms with Gasteiger partial charge in [-0.2, -0.15) is 0 Å². The first-order valence-electron chi connectivity index (χ1n) is 6.78. The second-order valence-electron chi connectivity index (χ2n) is 4.44. The van der Waals surface area contributed by atoms with Gasteiger partial charge in [0.25, 0.3) is 10.0 Å². The number of aromatic nitrogens is 3. The summed E-state index contributed by atoms with van der Waals surface area (Å²) in [7, 11) is -3.60. The van der Waals surface area contributed by atoms with Crippen molar-refractivity contribution in [3.63, 3.8) is 0 Å². The van der Waals surface area contributed by atoms with Crippen LogP contribution in [0.15, 0.2) is 42.1 Å². The molecule has 0 aliphatic rings. The standard InChI is InChI=1S/C13H19N5O2S/c1-2-15-12-5-3-6-16-13(12)21(19,20)17-7-4-9-18-10-8-14-11-18/h3,5-6,8,10-11,15,17H,2,4,7,9H2,1H3. The molecule has 2 rings (SSSR count). The molecule has 0 atom stereocenters. The number of hydrogen-bond donors (Lipinski definition) is 2. The van der Waals surface area contributed by atoms with Crippen molar-refractivity contribution in [2.45, 2.75) is 24.9 Å². The van der Waals surface area contributed by atoms with Crippen LogP contribution in [0.3, 0.4) is 0 Å². The van der Waals surface area contributed by atoms with Crippen molar-refractivity contribution in [2.75, 3.05) is 18.4 Å². The lowest BCUT2D eigenvalue weighted by atomic mass is 10.4. The van der Waals surface area contributed by atoms with Crippen LogP contribution in [-0.2, 0) is 16.6 Å². The number of hydrogen-bond acceptors (Lipinski definition) is 5. The summed E-state index contributed by atoms with van der Waals surface area (Å²) in [5.74, 6) is 0. The topological polar surface area (TPSA) is 88.9 Å². The molecule has 0 spiro atoms. The molecule has 0 amide bonds. The van der Waals surface area contributed by atoms with Crippen LogP contribution in [-0.4, -0.2) is 36.0 Å². The normalized spacial score (nSPS) is 11.5. The lowest BCUT2D eigenvalue weighted by Crippen LogP contribution is -2.27. The number of nitrogens with one attached hydrogen (secondary N) is 2. The molecule has 0 fully saturated rings. The molecule has 114 valence electrons. The van der Waals surface area contributed by atoms with Gasteiger partial charge in [-0.05, 0) is 25.5 Å². The van der Waals surface area contributed by atoms with Gasteiger partial charge >= 0.3 is 0 Å². The van der Waals surface area contributed by atoms with E-state index in [4.69, 9.17) is 0 Å². The second-order valence-corrected chi connectivity index (χ2v) is 6.12. The highest BCUT2D eigenvalue weighted by Gasteiger charge is 2.19. The van der Waals surface area contributed by atoms with Gasteiger partial charge in [0.15, 0.2) is 5.03 Å². The molecular formula is C13H19N5O2S. The van der Waals surface area contributed by atoms with E-state index in [1.807, 2.05) is 17.7 Å². The molecule has 21 heavy (non-hydrogen) atoms. The molecule has 0 saturated heterocycles. The summed E-state index contributed by atoms with van der Waals surface area (Å²) < 4.78 is 29.0. The average molecular weight is 309 g/mol. The molecule has 2 N–H and O–H groups in total. The molecule has 0 bridgehead atoms. The van der Waals surface area contributed by atoms with Crippen LogP contribution in [0.2, 0.25) is 0 Å². The Labute approximate surface area is 124 Å². The molecule has 0 aromatic carbocycles. The zero-order valence-corrected chi connectivity index (χ0v) is 12.7. The van der Waals surface area contributed by atoms with Crippen molar-refractivity contribution in [3.05, 3.63) is 37.1 Å². The molecule has 7 nitrogen and oxygen atoms in total. The highest BCUT2D eigenvalue weighted by atomic mass is 32.2. The molecule has 0 aliphatic carbocycles. The number of nitrogens with zero attached hydrogens (tertiary/aromatic N) is 3. The minimum absolute atomic E-state index is 0.0366. The number of imidazole rings is 1. The van der Waals surface area contributed by atoms with E-state index in [-0.39, 0.29) is 5.03 Å². The fourth-order valence-corrected chi connectivity index (χ4v) is 3.06. The molecular weight excluding hydrogens is 290 g/mol. The van der Waals surface area contributed by atoms with Crippen molar-refractivity contribution < 1.29 is 8.42 Å². The Morgan fingerprint density at radius 3 is 2.90 bits per heavy atom. The van der Waals surface area contributed by atoms with Crippen LogP contribution in [0.25, 0.3) is 0 Å². The minimum atomic E-state index is -3.60. The summed E-state index contributed by atoms with van der Waals surface area (Å²) >= 11 is 0. The summed E-state index contributed by atoms with van der Waals surface area (Å²) in [5, 5.41) is 3.04. The van der Waals surface area contributed by atoms with Gasteiger partial charge in [0.1, 0.15) is 0 Å². The van der Waals surface area contributed by atoms with Crippen LogP contribution < -0.4 is 10.0 Å². The molecule has 0 aliphatic heterocycles. The van der Waals surface area contributed by atoms with Crippen molar-refractivity contribution in [1.82, 2.24) is 19.3 Å². The second kappa shape index (κ2) is 7.19. The molecule has 2 aromatic rings. The van der Waals surface area contributed by atoms with Gasteiger partial charge in [-0.3, -0.25) is 0 Å². The van der Waals surface area contributed by atoms with Crippen molar-refractivity contribution in [2.24, 2.45) is 0 Å². The molecule has 0 saturated carbocycles. The van der Waals surface area contributed by atoms with Gasteiger partial charge in [0.2, 0.25) is 0 Å². The molecule has 2 heterocycles. The van der Waals surface area contributed by atoms with Crippen LogP contribution in [0.4, 0.5) is 5.69 Å². The highest BCUT2D eigenvalue weighted by molar-refractivity contribution is 7.89. The van der Waals surface area contributed by atoms with Gasteiger partial charge in [-0.1, -0.05) is 0 Å². The van der Waals surface area contributed by atoms with Crippen LogP contribution in [0.1, 0.15) is 13.3 Å². The van der Waals surface area contributed by atoms with Gasteiger partial charge in [0, 0.05) is 38.2 Å². The third-order valence-electron chi connectivity index (χ3n) is 2.84. The van der Waals surface area contributed by atoms with E-state index in [1.54, 1.807) is 24.7 Å². The monoisotopic (exact) mass is 309 g/mol. The first-order chi connectivity index (χ1) is 10.1. The Balaban J connectivity index is 1.95. The van der Waals surface area contributed by atoms with Crippen molar-refractivity contribution in [1.29, 1.82) is 0 Å². The number of aryl methyl sites for hydroxylation is 1. The van der Waals surface area contributed by atoms with Crippen LogP contribution in [0.5, 0.6) is 0 Å². The Bertz CT molecular complexity index is 655. The van der Waals surface area contributed by atoms with E-state index >= 15 is 0 Å². The lowest BCUT2D eigenvalue weighted by molar-refractivity contribution is 0.567. The fraction of sp³-hybridized carbons (Fsp3) is 0.385. The summed E-state index contributed by atoms with van der Waals surface area (Å²) in [6.07, 6.45) is 7.40. The molecule has 8 heteroatoms. The van der Waals surface area contributed by atoms with Crippen molar-refractivity contribution in [3.8, 4) is 0 Å². The Hall–Kier alpha value is -1.93. The zero-order chi connectivity index (χ0) is 15.1. The van der Waals surface area contributed by atoms with E-state index < -0.39 is 10.0 Å². The smallest absolute Gasteiger partial charge is 0.260 e.